The van der Waals surface area contributed by atoms with Crippen molar-refractivity contribution in [1.82, 2.24) is 0 Å². The van der Waals surface area contributed by atoms with Crippen LogP contribution < -0.4 is 0 Å². The van der Waals surface area contributed by atoms with Crippen molar-refractivity contribution >= 4 is 0 Å². The molecular formula is C12H20O2. The molecule has 0 aromatic heterocycles. The van der Waals surface area contributed by atoms with Crippen LogP contribution in [0.2, 0.25) is 0 Å². The summed E-state index contributed by atoms with van der Waals surface area (Å²) in [5.41, 5.74) is 1.23. The van der Waals surface area contributed by atoms with Gasteiger partial charge < -0.3 is 9.84 Å². The zero-order valence-electron chi connectivity index (χ0n) is 8.91. The first kappa shape index (κ1) is 11.5. The van der Waals surface area contributed by atoms with Crippen LogP contribution in [0.1, 0.15) is 32.6 Å². The first-order valence-corrected chi connectivity index (χ1v) is 5.44. The van der Waals surface area contributed by atoms with Crippen LogP contribution in [0.25, 0.3) is 0 Å². The van der Waals surface area contributed by atoms with Gasteiger partial charge >= 0.3 is 0 Å². The van der Waals surface area contributed by atoms with Crippen LogP contribution in [0, 0.1) is 0 Å². The quantitative estimate of drug-likeness (QED) is 0.634. The monoisotopic (exact) mass is 196 g/mol. The topological polar surface area (TPSA) is 29.5 Å². The minimum Gasteiger partial charge on any atom is -0.390 e. The van der Waals surface area contributed by atoms with Crippen LogP contribution in [-0.2, 0) is 4.74 Å². The largest absolute Gasteiger partial charge is 0.390 e. The molecule has 14 heavy (non-hydrogen) atoms. The normalized spacial score (nSPS) is 17.1. The Bertz CT molecular complexity index is 206. The highest BCUT2D eigenvalue weighted by molar-refractivity contribution is 5.26. The highest BCUT2D eigenvalue weighted by Gasteiger charge is 2.07. The molecule has 0 aromatic rings. The summed E-state index contributed by atoms with van der Waals surface area (Å²) >= 11 is 0. The predicted molar refractivity (Wildman–Crippen MR) is 58.2 cm³/mol. The summed E-state index contributed by atoms with van der Waals surface area (Å²) in [6, 6.07) is 0. The molecule has 1 aliphatic carbocycles. The van der Waals surface area contributed by atoms with Gasteiger partial charge in [-0.1, -0.05) is 31.6 Å². The molecule has 2 nitrogen and oxygen atoms in total. The number of hydrogen-bond acceptors (Lipinski definition) is 2. The van der Waals surface area contributed by atoms with E-state index in [4.69, 9.17) is 4.74 Å². The van der Waals surface area contributed by atoms with Crippen LogP contribution in [0.5, 0.6) is 0 Å². The molecule has 1 unspecified atom stereocenters. The highest BCUT2D eigenvalue weighted by atomic mass is 16.5. The second-order valence-electron chi connectivity index (χ2n) is 3.70. The van der Waals surface area contributed by atoms with Crippen molar-refractivity contribution in [2.45, 2.75) is 38.7 Å². The maximum Gasteiger partial charge on any atom is 0.0813 e. The van der Waals surface area contributed by atoms with Gasteiger partial charge in [0.25, 0.3) is 0 Å². The summed E-state index contributed by atoms with van der Waals surface area (Å²) in [4.78, 5) is 0. The third-order valence-electron chi connectivity index (χ3n) is 2.27. The molecule has 0 aliphatic heterocycles. The summed E-state index contributed by atoms with van der Waals surface area (Å²) in [5, 5.41) is 9.61. The van der Waals surface area contributed by atoms with Crippen LogP contribution in [0.4, 0.5) is 0 Å². The molecule has 0 bridgehead atoms. The van der Waals surface area contributed by atoms with Crippen molar-refractivity contribution < 1.29 is 9.84 Å². The Morgan fingerprint density at radius 1 is 1.57 bits per heavy atom. The lowest BCUT2D eigenvalue weighted by Gasteiger charge is -2.10. The molecule has 1 rings (SSSR count). The van der Waals surface area contributed by atoms with Crippen molar-refractivity contribution in [1.29, 1.82) is 0 Å². The van der Waals surface area contributed by atoms with Gasteiger partial charge in [0.1, 0.15) is 0 Å². The van der Waals surface area contributed by atoms with Gasteiger partial charge in [-0.2, -0.15) is 0 Å². The minimum absolute atomic E-state index is 0.346. The van der Waals surface area contributed by atoms with E-state index in [2.05, 4.69) is 25.2 Å². The van der Waals surface area contributed by atoms with E-state index in [0.29, 0.717) is 6.61 Å². The summed E-state index contributed by atoms with van der Waals surface area (Å²) in [6.45, 7) is 3.36. The fourth-order valence-corrected chi connectivity index (χ4v) is 1.46. The van der Waals surface area contributed by atoms with Gasteiger partial charge in [0.15, 0.2) is 0 Å². The Hall–Kier alpha value is -0.600. The third-order valence-corrected chi connectivity index (χ3v) is 2.27. The summed E-state index contributed by atoms with van der Waals surface area (Å²) in [7, 11) is 0. The number of unbranched alkanes of at least 4 members (excludes halogenated alkanes) is 1. The third kappa shape index (κ3) is 4.58. The smallest absolute Gasteiger partial charge is 0.0813 e. The lowest BCUT2D eigenvalue weighted by atomic mass is 10.1. The van der Waals surface area contributed by atoms with E-state index in [0.717, 1.165) is 32.3 Å². The van der Waals surface area contributed by atoms with Crippen LogP contribution >= 0.6 is 0 Å². The number of allylic oxidation sites excluding steroid dienone is 3. The van der Waals surface area contributed by atoms with Crippen LogP contribution in [0.3, 0.4) is 0 Å². The molecule has 0 amide bonds. The minimum atomic E-state index is -0.346. The lowest BCUT2D eigenvalue weighted by molar-refractivity contribution is 0.0364. The molecular weight excluding hydrogens is 176 g/mol. The molecule has 0 saturated heterocycles. The van der Waals surface area contributed by atoms with Gasteiger partial charge in [0.05, 0.1) is 12.7 Å². The standard InChI is InChI=1S/C12H20O2/c1-2-3-8-14-10-12(13)9-11-6-4-5-7-11/h4,6-7,12-13H,2-3,5,8-10H2,1H3. The summed E-state index contributed by atoms with van der Waals surface area (Å²) in [5.74, 6) is 0. The molecule has 0 radical (unpaired) electrons. The van der Waals surface area contributed by atoms with Crippen molar-refractivity contribution in [3.63, 3.8) is 0 Å². The van der Waals surface area contributed by atoms with Crippen LogP contribution in [-0.4, -0.2) is 24.4 Å². The van der Waals surface area contributed by atoms with Gasteiger partial charge in [0.2, 0.25) is 0 Å². The van der Waals surface area contributed by atoms with Gasteiger partial charge in [-0.3, -0.25) is 0 Å². The fourth-order valence-electron chi connectivity index (χ4n) is 1.46. The zero-order chi connectivity index (χ0) is 10.2. The predicted octanol–water partition coefficient (Wildman–Crippen LogP) is 2.44. The molecule has 0 aromatic carbocycles. The number of hydrogen-bond donors (Lipinski definition) is 1. The van der Waals surface area contributed by atoms with Crippen molar-refractivity contribution in [3.05, 3.63) is 23.8 Å². The molecule has 0 saturated carbocycles. The summed E-state index contributed by atoms with van der Waals surface area (Å²) < 4.78 is 5.34. The Morgan fingerprint density at radius 2 is 2.43 bits per heavy atom. The highest BCUT2D eigenvalue weighted by Crippen LogP contribution is 2.14. The molecule has 0 fully saturated rings. The van der Waals surface area contributed by atoms with Crippen LogP contribution in [0.15, 0.2) is 23.8 Å². The van der Waals surface area contributed by atoms with E-state index in [-0.39, 0.29) is 6.10 Å². The van der Waals surface area contributed by atoms with Gasteiger partial charge in [-0.25, -0.2) is 0 Å². The first-order chi connectivity index (χ1) is 6.83. The summed E-state index contributed by atoms with van der Waals surface area (Å²) in [6.07, 6.45) is 9.95. The molecule has 2 heteroatoms. The van der Waals surface area contributed by atoms with Crippen molar-refractivity contribution in [2.24, 2.45) is 0 Å². The maximum absolute atomic E-state index is 9.61. The van der Waals surface area contributed by atoms with Gasteiger partial charge in [-0.15, -0.1) is 0 Å². The Labute approximate surface area is 86.3 Å². The second-order valence-corrected chi connectivity index (χ2v) is 3.70. The number of ether oxygens (including phenoxy) is 1. The van der Waals surface area contributed by atoms with Crippen molar-refractivity contribution in [2.75, 3.05) is 13.2 Å². The first-order valence-electron chi connectivity index (χ1n) is 5.44. The molecule has 80 valence electrons. The number of aliphatic hydroxyl groups is 1. The SMILES string of the molecule is CCCCOCC(O)CC1=CCC=C1. The average Bonchev–Trinajstić information content (AvgIpc) is 2.65. The zero-order valence-corrected chi connectivity index (χ0v) is 8.91. The maximum atomic E-state index is 9.61. The van der Waals surface area contributed by atoms with Gasteiger partial charge in [0, 0.05) is 13.0 Å². The molecule has 1 atom stereocenters. The van der Waals surface area contributed by atoms with E-state index in [9.17, 15) is 5.11 Å². The van der Waals surface area contributed by atoms with Crippen molar-refractivity contribution in [3.8, 4) is 0 Å². The number of rotatable bonds is 7. The lowest BCUT2D eigenvalue weighted by Crippen LogP contribution is -2.16. The Kier molecular flexibility index (Phi) is 5.57. The average molecular weight is 196 g/mol. The van der Waals surface area contributed by atoms with E-state index in [1.165, 1.54) is 5.57 Å². The number of aliphatic hydroxyl groups excluding tert-OH is 1. The van der Waals surface area contributed by atoms with E-state index < -0.39 is 0 Å². The fraction of sp³-hybridized carbons (Fsp3) is 0.667. The molecule has 0 spiro atoms. The van der Waals surface area contributed by atoms with E-state index in [1.807, 2.05) is 0 Å². The molecule has 1 aliphatic rings. The van der Waals surface area contributed by atoms with E-state index in [1.54, 1.807) is 0 Å². The Morgan fingerprint density at radius 3 is 3.07 bits per heavy atom. The molecule has 1 N–H and O–H groups in total. The Balaban J connectivity index is 2.03. The van der Waals surface area contributed by atoms with E-state index >= 15 is 0 Å². The van der Waals surface area contributed by atoms with Gasteiger partial charge in [-0.05, 0) is 18.4 Å². The molecule has 0 heterocycles. The second kappa shape index (κ2) is 6.80.